The lowest BCUT2D eigenvalue weighted by atomic mass is 10.0. The molecule has 0 aromatic rings. The van der Waals surface area contributed by atoms with Crippen molar-refractivity contribution in [1.82, 2.24) is 10.2 Å². The van der Waals surface area contributed by atoms with Crippen molar-refractivity contribution in [3.63, 3.8) is 0 Å². The Balaban J connectivity index is 0.00000128. The normalized spacial score (nSPS) is 28.4. The number of nitrogens with one attached hydrogen (secondary N) is 1. The standard InChI is InChI=1S/C10H16F2N2O.ClH/c1-13-7-2-4-14(5-3-7)9(15)8-6-10(8,11)12;/h7-8,13H,2-6H2,1H3;1H. The maximum absolute atomic E-state index is 12.7. The Bertz CT molecular complexity index is 268. The number of hydrogen-bond donors (Lipinski definition) is 1. The van der Waals surface area contributed by atoms with Crippen LogP contribution in [0.1, 0.15) is 19.3 Å². The second kappa shape index (κ2) is 4.84. The molecule has 2 aliphatic rings. The van der Waals surface area contributed by atoms with Crippen LogP contribution in [0.3, 0.4) is 0 Å². The molecule has 1 unspecified atom stereocenters. The first-order valence-electron chi connectivity index (χ1n) is 5.38. The number of halogens is 3. The molecule has 0 radical (unpaired) electrons. The number of carbonyl (C=O) groups is 1. The van der Waals surface area contributed by atoms with Gasteiger partial charge in [0.2, 0.25) is 5.91 Å². The van der Waals surface area contributed by atoms with Crippen molar-refractivity contribution in [3.8, 4) is 0 Å². The van der Waals surface area contributed by atoms with Gasteiger partial charge in [-0.3, -0.25) is 4.79 Å². The molecule has 1 saturated carbocycles. The Labute approximate surface area is 100.0 Å². The number of rotatable bonds is 2. The van der Waals surface area contributed by atoms with Gasteiger partial charge in [-0.15, -0.1) is 12.4 Å². The summed E-state index contributed by atoms with van der Waals surface area (Å²) in [4.78, 5) is 13.2. The van der Waals surface area contributed by atoms with Crippen LogP contribution in [0.15, 0.2) is 0 Å². The summed E-state index contributed by atoms with van der Waals surface area (Å²) < 4.78 is 25.4. The molecular weight excluding hydrogens is 238 g/mol. The first-order valence-corrected chi connectivity index (χ1v) is 5.38. The van der Waals surface area contributed by atoms with E-state index in [2.05, 4.69) is 5.32 Å². The highest BCUT2D eigenvalue weighted by atomic mass is 35.5. The second-order valence-corrected chi connectivity index (χ2v) is 4.41. The minimum Gasteiger partial charge on any atom is -0.342 e. The van der Waals surface area contributed by atoms with E-state index in [1.165, 1.54) is 0 Å². The Morgan fingerprint density at radius 3 is 2.25 bits per heavy atom. The monoisotopic (exact) mass is 254 g/mol. The number of alkyl halides is 2. The highest BCUT2D eigenvalue weighted by Crippen LogP contribution is 2.49. The lowest BCUT2D eigenvalue weighted by molar-refractivity contribution is -0.135. The van der Waals surface area contributed by atoms with Gasteiger partial charge < -0.3 is 10.2 Å². The SMILES string of the molecule is CNC1CCN(C(=O)C2CC2(F)F)CC1.Cl. The summed E-state index contributed by atoms with van der Waals surface area (Å²) >= 11 is 0. The summed E-state index contributed by atoms with van der Waals surface area (Å²) in [6, 6.07) is 0.425. The van der Waals surface area contributed by atoms with Crippen molar-refractivity contribution in [3.05, 3.63) is 0 Å². The van der Waals surface area contributed by atoms with Gasteiger partial charge >= 0.3 is 0 Å². The third kappa shape index (κ3) is 2.63. The Morgan fingerprint density at radius 2 is 1.88 bits per heavy atom. The minimum absolute atomic E-state index is 0. The van der Waals surface area contributed by atoms with E-state index in [0.717, 1.165) is 12.8 Å². The molecule has 0 aromatic carbocycles. The number of piperidine rings is 1. The Kier molecular flexibility index (Phi) is 4.12. The maximum Gasteiger partial charge on any atom is 0.260 e. The molecular formula is C10H17ClF2N2O. The molecule has 0 spiro atoms. The van der Waals surface area contributed by atoms with Crippen molar-refractivity contribution in [2.24, 2.45) is 5.92 Å². The average Bonchev–Trinajstić information content (AvgIpc) is 2.87. The zero-order valence-corrected chi connectivity index (χ0v) is 10.0. The van der Waals surface area contributed by atoms with Crippen LogP contribution < -0.4 is 5.32 Å². The zero-order chi connectivity index (χ0) is 11.1. The summed E-state index contributed by atoms with van der Waals surface area (Å²) in [6.07, 6.45) is 1.47. The fraction of sp³-hybridized carbons (Fsp3) is 0.900. The molecule has 2 fully saturated rings. The van der Waals surface area contributed by atoms with Crippen molar-refractivity contribution < 1.29 is 13.6 Å². The summed E-state index contributed by atoms with van der Waals surface area (Å²) in [6.45, 7) is 1.22. The number of likely N-dealkylation sites (tertiary alicyclic amines) is 1. The van der Waals surface area contributed by atoms with Crippen LogP contribution in [0.25, 0.3) is 0 Å². The van der Waals surface area contributed by atoms with Gasteiger partial charge in [0, 0.05) is 25.6 Å². The van der Waals surface area contributed by atoms with E-state index >= 15 is 0 Å². The van der Waals surface area contributed by atoms with Crippen LogP contribution in [0, 0.1) is 5.92 Å². The van der Waals surface area contributed by atoms with Crippen molar-refractivity contribution in [1.29, 1.82) is 0 Å². The van der Waals surface area contributed by atoms with Crippen molar-refractivity contribution in [2.45, 2.75) is 31.2 Å². The quantitative estimate of drug-likeness (QED) is 0.805. The molecule has 0 aromatic heterocycles. The largest absolute Gasteiger partial charge is 0.342 e. The third-order valence-electron chi connectivity index (χ3n) is 3.34. The lowest BCUT2D eigenvalue weighted by Gasteiger charge is -2.31. The number of carbonyl (C=O) groups excluding carboxylic acids is 1. The summed E-state index contributed by atoms with van der Waals surface area (Å²) in [7, 11) is 1.89. The Hall–Kier alpha value is -0.420. The molecule has 6 heteroatoms. The van der Waals surface area contributed by atoms with Gasteiger partial charge in [0.25, 0.3) is 5.92 Å². The fourth-order valence-electron chi connectivity index (χ4n) is 2.09. The average molecular weight is 255 g/mol. The van der Waals surface area contributed by atoms with Crippen LogP contribution in [0.5, 0.6) is 0 Å². The van der Waals surface area contributed by atoms with E-state index in [9.17, 15) is 13.6 Å². The number of hydrogen-bond acceptors (Lipinski definition) is 2. The van der Waals surface area contributed by atoms with E-state index in [4.69, 9.17) is 0 Å². The molecule has 1 atom stereocenters. The van der Waals surface area contributed by atoms with E-state index in [1.807, 2.05) is 7.05 Å². The van der Waals surface area contributed by atoms with E-state index < -0.39 is 11.8 Å². The van der Waals surface area contributed by atoms with Gasteiger partial charge in [0.15, 0.2) is 0 Å². The molecule has 16 heavy (non-hydrogen) atoms. The van der Waals surface area contributed by atoms with Crippen LogP contribution in [-0.4, -0.2) is 42.9 Å². The lowest BCUT2D eigenvalue weighted by Crippen LogP contribution is -2.45. The molecule has 1 aliphatic carbocycles. The highest BCUT2D eigenvalue weighted by molar-refractivity contribution is 5.85. The predicted octanol–water partition coefficient (Wildman–Crippen LogP) is 1.27. The first kappa shape index (κ1) is 13.6. The molecule has 1 amide bonds. The molecule has 3 nitrogen and oxygen atoms in total. The zero-order valence-electron chi connectivity index (χ0n) is 9.21. The molecule has 1 heterocycles. The van der Waals surface area contributed by atoms with Gasteiger partial charge in [-0.05, 0) is 19.9 Å². The van der Waals surface area contributed by atoms with Gasteiger partial charge in [-0.2, -0.15) is 0 Å². The van der Waals surface area contributed by atoms with E-state index in [0.29, 0.717) is 19.1 Å². The van der Waals surface area contributed by atoms with Crippen LogP contribution in [0.2, 0.25) is 0 Å². The van der Waals surface area contributed by atoms with E-state index in [1.54, 1.807) is 4.90 Å². The van der Waals surface area contributed by atoms with Gasteiger partial charge in [0.05, 0.1) is 0 Å². The van der Waals surface area contributed by atoms with E-state index in [-0.39, 0.29) is 24.7 Å². The second-order valence-electron chi connectivity index (χ2n) is 4.41. The minimum atomic E-state index is -2.73. The fourth-order valence-corrected chi connectivity index (χ4v) is 2.09. The smallest absolute Gasteiger partial charge is 0.260 e. The maximum atomic E-state index is 12.7. The summed E-state index contributed by atoms with van der Waals surface area (Å²) in [5, 5.41) is 3.14. The number of amides is 1. The predicted molar refractivity (Wildman–Crippen MR) is 59.0 cm³/mol. The van der Waals surface area contributed by atoms with Gasteiger partial charge in [-0.1, -0.05) is 0 Å². The van der Waals surface area contributed by atoms with Crippen molar-refractivity contribution >= 4 is 18.3 Å². The number of nitrogens with zero attached hydrogens (tertiary/aromatic N) is 1. The highest BCUT2D eigenvalue weighted by Gasteiger charge is 2.62. The van der Waals surface area contributed by atoms with Crippen LogP contribution in [-0.2, 0) is 4.79 Å². The summed E-state index contributed by atoms with van der Waals surface area (Å²) in [5.74, 6) is -4.10. The van der Waals surface area contributed by atoms with Gasteiger partial charge in [-0.25, -0.2) is 8.78 Å². The molecule has 94 valence electrons. The van der Waals surface area contributed by atoms with Crippen molar-refractivity contribution in [2.75, 3.05) is 20.1 Å². The topological polar surface area (TPSA) is 32.3 Å². The molecule has 1 N–H and O–H groups in total. The molecule has 2 rings (SSSR count). The molecule has 1 saturated heterocycles. The molecule has 0 bridgehead atoms. The third-order valence-corrected chi connectivity index (χ3v) is 3.34. The van der Waals surface area contributed by atoms with Gasteiger partial charge in [0.1, 0.15) is 5.92 Å². The Morgan fingerprint density at radius 1 is 1.38 bits per heavy atom. The summed E-state index contributed by atoms with van der Waals surface area (Å²) in [5.41, 5.74) is 0. The van der Waals surface area contributed by atoms with Crippen LogP contribution in [0.4, 0.5) is 8.78 Å². The van der Waals surface area contributed by atoms with Crippen LogP contribution >= 0.6 is 12.4 Å². The first-order chi connectivity index (χ1) is 7.04. The molecule has 1 aliphatic heterocycles.